The van der Waals surface area contributed by atoms with Gasteiger partial charge in [0.1, 0.15) is 5.54 Å². The van der Waals surface area contributed by atoms with E-state index in [0.29, 0.717) is 38.3 Å². The largest absolute Gasteiger partial charge is 0.342 e. The first-order valence-corrected chi connectivity index (χ1v) is 9.77. The van der Waals surface area contributed by atoms with Crippen LogP contribution in [0.2, 0.25) is 0 Å². The maximum atomic E-state index is 12.6. The highest BCUT2D eigenvalue weighted by atomic mass is 16.2. The highest BCUT2D eigenvalue weighted by Crippen LogP contribution is 2.30. The maximum absolute atomic E-state index is 12.6. The van der Waals surface area contributed by atoms with Crippen molar-refractivity contribution in [3.8, 4) is 0 Å². The normalized spacial score (nSPS) is 23.5. The van der Waals surface area contributed by atoms with Gasteiger partial charge < -0.3 is 10.2 Å². The zero-order valence-corrected chi connectivity index (χ0v) is 16.4. The molecule has 1 aromatic rings. The quantitative estimate of drug-likeness (QED) is 0.780. The van der Waals surface area contributed by atoms with Crippen molar-refractivity contribution in [1.82, 2.24) is 15.5 Å². The van der Waals surface area contributed by atoms with Gasteiger partial charge in [-0.2, -0.15) is 0 Å². The Kier molecular flexibility index (Phi) is 5.53. The van der Waals surface area contributed by atoms with Crippen LogP contribution in [-0.2, 0) is 22.4 Å². The van der Waals surface area contributed by atoms with E-state index in [-0.39, 0.29) is 17.7 Å². The van der Waals surface area contributed by atoms with Crippen molar-refractivity contribution in [3.05, 3.63) is 35.4 Å². The number of nitrogens with one attached hydrogen (secondary N) is 2. The minimum Gasteiger partial charge on any atom is -0.342 e. The summed E-state index contributed by atoms with van der Waals surface area (Å²) in [6, 6.07) is 7.87. The number of carbonyl (C=O) groups excluding carboxylic acids is 3. The summed E-state index contributed by atoms with van der Waals surface area (Å²) in [6.07, 6.45) is 2.87. The number of amides is 4. The van der Waals surface area contributed by atoms with Gasteiger partial charge in [-0.3, -0.25) is 14.9 Å². The van der Waals surface area contributed by atoms with Gasteiger partial charge in [0.25, 0.3) is 5.91 Å². The zero-order chi connectivity index (χ0) is 19.6. The smallest absolute Gasteiger partial charge is 0.322 e. The van der Waals surface area contributed by atoms with Gasteiger partial charge in [-0.05, 0) is 49.1 Å². The SMILES string of the molecule is CC(C)Cc1ccc(CC(=O)N2CCC(C3(C)NC(=O)NC3=O)CC2)cc1. The van der Waals surface area contributed by atoms with E-state index in [1.54, 1.807) is 6.92 Å². The molecule has 27 heavy (non-hydrogen) atoms. The third-order valence-corrected chi connectivity index (χ3v) is 5.76. The van der Waals surface area contributed by atoms with E-state index in [0.717, 1.165) is 12.0 Å². The van der Waals surface area contributed by atoms with Gasteiger partial charge in [0.2, 0.25) is 5.91 Å². The van der Waals surface area contributed by atoms with Crippen molar-refractivity contribution in [2.75, 3.05) is 13.1 Å². The molecule has 0 aromatic heterocycles. The molecule has 2 aliphatic rings. The number of rotatable bonds is 5. The van der Waals surface area contributed by atoms with E-state index in [1.807, 2.05) is 17.0 Å². The summed E-state index contributed by atoms with van der Waals surface area (Å²) in [6.45, 7) is 7.40. The van der Waals surface area contributed by atoms with Crippen LogP contribution in [0.15, 0.2) is 24.3 Å². The van der Waals surface area contributed by atoms with Crippen molar-refractivity contribution in [1.29, 1.82) is 0 Å². The molecule has 2 saturated heterocycles. The fourth-order valence-electron chi connectivity index (χ4n) is 4.10. The van der Waals surface area contributed by atoms with Crippen molar-refractivity contribution < 1.29 is 14.4 Å². The third-order valence-electron chi connectivity index (χ3n) is 5.76. The van der Waals surface area contributed by atoms with Crippen LogP contribution in [0.3, 0.4) is 0 Å². The molecule has 2 aliphatic heterocycles. The van der Waals surface area contributed by atoms with Crippen LogP contribution in [0.4, 0.5) is 4.79 Å². The Morgan fingerprint density at radius 1 is 1.15 bits per heavy atom. The number of piperidine rings is 1. The van der Waals surface area contributed by atoms with E-state index < -0.39 is 11.6 Å². The highest BCUT2D eigenvalue weighted by Gasteiger charge is 2.48. The molecule has 1 atom stereocenters. The Morgan fingerprint density at radius 2 is 1.74 bits per heavy atom. The van der Waals surface area contributed by atoms with Crippen molar-refractivity contribution >= 4 is 17.8 Å². The van der Waals surface area contributed by atoms with Crippen molar-refractivity contribution in [3.63, 3.8) is 0 Å². The molecule has 2 N–H and O–H groups in total. The van der Waals surface area contributed by atoms with Crippen LogP contribution in [0.25, 0.3) is 0 Å². The molecule has 2 fully saturated rings. The fraction of sp³-hybridized carbons (Fsp3) is 0.571. The molecule has 6 heteroatoms. The van der Waals surface area contributed by atoms with Crippen LogP contribution < -0.4 is 10.6 Å². The van der Waals surface area contributed by atoms with E-state index in [4.69, 9.17) is 0 Å². The van der Waals surface area contributed by atoms with Crippen LogP contribution in [0.5, 0.6) is 0 Å². The second-order valence-electron chi connectivity index (χ2n) is 8.36. The van der Waals surface area contributed by atoms with Crippen LogP contribution in [0, 0.1) is 11.8 Å². The number of hydrogen-bond acceptors (Lipinski definition) is 3. The van der Waals surface area contributed by atoms with Crippen molar-refractivity contribution in [2.45, 2.75) is 52.0 Å². The van der Waals surface area contributed by atoms with Gasteiger partial charge >= 0.3 is 6.03 Å². The Morgan fingerprint density at radius 3 is 2.26 bits per heavy atom. The molecule has 3 rings (SSSR count). The summed E-state index contributed by atoms with van der Waals surface area (Å²) in [5, 5.41) is 5.07. The first kappa shape index (κ1) is 19.4. The Balaban J connectivity index is 1.53. The van der Waals surface area contributed by atoms with Gasteiger partial charge in [0.05, 0.1) is 6.42 Å². The molecular formula is C21H29N3O3. The molecule has 1 unspecified atom stereocenters. The molecule has 2 heterocycles. The predicted octanol–water partition coefficient (Wildman–Crippen LogP) is 2.26. The minimum atomic E-state index is -0.863. The Bertz CT molecular complexity index is 721. The summed E-state index contributed by atoms with van der Waals surface area (Å²) < 4.78 is 0. The summed E-state index contributed by atoms with van der Waals surface area (Å²) >= 11 is 0. The Labute approximate surface area is 160 Å². The molecule has 0 spiro atoms. The topological polar surface area (TPSA) is 78.5 Å². The van der Waals surface area contributed by atoms with E-state index in [2.05, 4.69) is 36.6 Å². The van der Waals surface area contributed by atoms with E-state index in [1.165, 1.54) is 5.56 Å². The molecule has 0 aliphatic carbocycles. The second-order valence-corrected chi connectivity index (χ2v) is 8.36. The zero-order valence-electron chi connectivity index (χ0n) is 16.4. The number of likely N-dealkylation sites (tertiary alicyclic amines) is 1. The molecule has 0 saturated carbocycles. The number of benzene rings is 1. The minimum absolute atomic E-state index is 0.0447. The first-order valence-electron chi connectivity index (χ1n) is 9.77. The van der Waals surface area contributed by atoms with Gasteiger partial charge in [-0.1, -0.05) is 38.1 Å². The second kappa shape index (κ2) is 7.71. The number of imide groups is 1. The fourth-order valence-corrected chi connectivity index (χ4v) is 4.10. The standard InChI is InChI=1S/C21H29N3O3/c1-14(2)12-15-4-6-16(7-5-15)13-18(25)24-10-8-17(9-11-24)21(3)19(26)22-20(27)23-21/h4-7,14,17H,8-13H2,1-3H3,(H2,22,23,26,27). The molecular weight excluding hydrogens is 342 g/mol. The molecule has 1 aromatic carbocycles. The third kappa shape index (κ3) is 4.31. The Hall–Kier alpha value is -2.37. The van der Waals surface area contributed by atoms with Gasteiger partial charge in [-0.25, -0.2) is 4.79 Å². The molecule has 0 bridgehead atoms. The summed E-state index contributed by atoms with van der Waals surface area (Å²) in [5.41, 5.74) is 1.47. The number of carbonyl (C=O) groups is 3. The predicted molar refractivity (Wildman–Crippen MR) is 103 cm³/mol. The van der Waals surface area contributed by atoms with Gasteiger partial charge in [-0.15, -0.1) is 0 Å². The molecule has 0 radical (unpaired) electrons. The monoisotopic (exact) mass is 371 g/mol. The maximum Gasteiger partial charge on any atom is 0.322 e. The lowest BCUT2D eigenvalue weighted by Crippen LogP contribution is -2.54. The van der Waals surface area contributed by atoms with Gasteiger partial charge in [0, 0.05) is 13.1 Å². The van der Waals surface area contributed by atoms with E-state index >= 15 is 0 Å². The van der Waals surface area contributed by atoms with Crippen LogP contribution >= 0.6 is 0 Å². The van der Waals surface area contributed by atoms with Crippen LogP contribution in [0.1, 0.15) is 44.7 Å². The summed E-state index contributed by atoms with van der Waals surface area (Å²) in [4.78, 5) is 38.0. The molecule has 6 nitrogen and oxygen atoms in total. The summed E-state index contributed by atoms with van der Waals surface area (Å²) in [7, 11) is 0. The van der Waals surface area contributed by atoms with Crippen molar-refractivity contribution in [2.24, 2.45) is 11.8 Å². The number of hydrogen-bond donors (Lipinski definition) is 2. The van der Waals surface area contributed by atoms with Gasteiger partial charge in [0.15, 0.2) is 0 Å². The lowest BCUT2D eigenvalue weighted by molar-refractivity contribution is -0.132. The summed E-state index contributed by atoms with van der Waals surface area (Å²) in [5.74, 6) is 0.518. The first-order chi connectivity index (χ1) is 12.8. The lowest BCUT2D eigenvalue weighted by Gasteiger charge is -2.38. The number of nitrogens with zero attached hydrogens (tertiary/aromatic N) is 1. The van der Waals surface area contributed by atoms with Crippen LogP contribution in [-0.4, -0.2) is 41.4 Å². The van der Waals surface area contributed by atoms with E-state index in [9.17, 15) is 14.4 Å². The average Bonchev–Trinajstić information content (AvgIpc) is 2.89. The highest BCUT2D eigenvalue weighted by molar-refractivity contribution is 6.07. The average molecular weight is 371 g/mol. The lowest BCUT2D eigenvalue weighted by atomic mass is 9.79. The number of urea groups is 1. The molecule has 4 amide bonds. The molecule has 146 valence electrons.